The normalized spacial score (nSPS) is 10.8. The van der Waals surface area contributed by atoms with Crippen LogP contribution in [-0.2, 0) is 13.0 Å². The molecule has 0 saturated heterocycles. The largest absolute Gasteiger partial charge is 0.503 e. The topological polar surface area (TPSA) is 113 Å². The Morgan fingerprint density at radius 1 is 1.21 bits per heavy atom. The van der Waals surface area contributed by atoms with Gasteiger partial charge in [0.15, 0.2) is 11.4 Å². The summed E-state index contributed by atoms with van der Waals surface area (Å²) in [5, 5.41) is 23.1. The average Bonchev–Trinajstić information content (AvgIpc) is 3.27. The number of hydrogen-bond donors (Lipinski definition) is 3. The second-order valence-corrected chi connectivity index (χ2v) is 6.87. The molecule has 0 saturated carbocycles. The second-order valence-electron chi connectivity index (χ2n) is 6.87. The van der Waals surface area contributed by atoms with E-state index in [0.29, 0.717) is 6.54 Å². The van der Waals surface area contributed by atoms with Gasteiger partial charge in [0.05, 0.1) is 11.9 Å². The van der Waals surface area contributed by atoms with Gasteiger partial charge in [-0.2, -0.15) is 10.2 Å². The number of aromatic amines is 1. The Kier molecular flexibility index (Phi) is 6.78. The number of carbonyl (C=O) groups is 1. The molecule has 1 aromatic carbocycles. The van der Waals surface area contributed by atoms with Crippen LogP contribution < -0.4 is 10.7 Å². The SMILES string of the molecule is CNC(=O)c1nn(CCCCCCc2cccc(-c3ccn[nH]3)c2)cc(O)c1=O. The molecule has 0 fully saturated rings. The predicted molar refractivity (Wildman–Crippen MR) is 110 cm³/mol. The first-order valence-corrected chi connectivity index (χ1v) is 9.70. The van der Waals surface area contributed by atoms with Crippen molar-refractivity contribution in [2.45, 2.75) is 38.6 Å². The summed E-state index contributed by atoms with van der Waals surface area (Å²) in [5.41, 5.74) is 2.40. The number of aryl methyl sites for hydroxylation is 2. The van der Waals surface area contributed by atoms with Gasteiger partial charge in [-0.15, -0.1) is 0 Å². The highest BCUT2D eigenvalue weighted by Crippen LogP contribution is 2.19. The Bertz CT molecular complexity index is 1010. The molecule has 8 heteroatoms. The number of nitrogens with zero attached hydrogens (tertiary/aromatic N) is 3. The van der Waals surface area contributed by atoms with Gasteiger partial charge in [0.1, 0.15) is 0 Å². The van der Waals surface area contributed by atoms with Crippen LogP contribution in [0.1, 0.15) is 41.7 Å². The minimum absolute atomic E-state index is 0.287. The van der Waals surface area contributed by atoms with Crippen LogP contribution in [0.5, 0.6) is 5.75 Å². The highest BCUT2D eigenvalue weighted by atomic mass is 16.3. The van der Waals surface area contributed by atoms with Gasteiger partial charge in [-0.3, -0.25) is 19.4 Å². The van der Waals surface area contributed by atoms with Gasteiger partial charge in [0.25, 0.3) is 11.3 Å². The first kappa shape index (κ1) is 20.3. The summed E-state index contributed by atoms with van der Waals surface area (Å²) in [7, 11) is 1.42. The average molecular weight is 395 g/mol. The summed E-state index contributed by atoms with van der Waals surface area (Å²) in [6.07, 6.45) is 7.98. The first-order valence-electron chi connectivity index (χ1n) is 9.70. The van der Waals surface area contributed by atoms with Crippen molar-refractivity contribution >= 4 is 5.91 Å². The molecule has 0 bridgehead atoms. The van der Waals surface area contributed by atoms with Crippen molar-refractivity contribution in [3.63, 3.8) is 0 Å². The fourth-order valence-electron chi connectivity index (χ4n) is 3.17. The lowest BCUT2D eigenvalue weighted by Crippen LogP contribution is -2.29. The van der Waals surface area contributed by atoms with Crippen molar-refractivity contribution in [3.8, 4) is 17.0 Å². The summed E-state index contributed by atoms with van der Waals surface area (Å²) in [4.78, 5) is 23.5. The van der Waals surface area contributed by atoms with E-state index in [1.54, 1.807) is 6.20 Å². The molecule has 3 N–H and O–H groups in total. The van der Waals surface area contributed by atoms with E-state index in [1.165, 1.54) is 23.5 Å². The van der Waals surface area contributed by atoms with Gasteiger partial charge < -0.3 is 10.4 Å². The van der Waals surface area contributed by atoms with Crippen molar-refractivity contribution in [2.75, 3.05) is 7.05 Å². The monoisotopic (exact) mass is 395 g/mol. The van der Waals surface area contributed by atoms with Crippen LogP contribution >= 0.6 is 0 Å². The van der Waals surface area contributed by atoms with Crippen LogP contribution in [0.25, 0.3) is 11.3 Å². The molecule has 3 rings (SSSR count). The van der Waals surface area contributed by atoms with Gasteiger partial charge in [0, 0.05) is 19.8 Å². The third-order valence-corrected chi connectivity index (χ3v) is 4.73. The zero-order valence-corrected chi connectivity index (χ0v) is 16.4. The minimum atomic E-state index is -0.752. The number of benzene rings is 1. The van der Waals surface area contributed by atoms with Crippen LogP contribution in [-0.4, -0.2) is 38.0 Å². The smallest absolute Gasteiger partial charge is 0.275 e. The van der Waals surface area contributed by atoms with E-state index in [4.69, 9.17) is 0 Å². The lowest BCUT2D eigenvalue weighted by atomic mass is 10.0. The fraction of sp³-hybridized carbons (Fsp3) is 0.333. The number of hydrogen-bond acceptors (Lipinski definition) is 5. The fourth-order valence-corrected chi connectivity index (χ4v) is 3.17. The number of rotatable bonds is 9. The minimum Gasteiger partial charge on any atom is -0.503 e. The lowest BCUT2D eigenvalue weighted by molar-refractivity contribution is 0.0953. The summed E-state index contributed by atoms with van der Waals surface area (Å²) < 4.78 is 1.45. The number of H-pyrrole nitrogens is 1. The zero-order chi connectivity index (χ0) is 20.6. The van der Waals surface area contributed by atoms with Crippen molar-refractivity contribution in [1.82, 2.24) is 25.3 Å². The van der Waals surface area contributed by atoms with Crippen LogP contribution in [0.4, 0.5) is 0 Å². The maximum Gasteiger partial charge on any atom is 0.275 e. The Morgan fingerprint density at radius 3 is 2.79 bits per heavy atom. The Balaban J connectivity index is 1.45. The van der Waals surface area contributed by atoms with Crippen molar-refractivity contribution in [1.29, 1.82) is 0 Å². The number of unbranched alkanes of at least 4 members (excludes halogenated alkanes) is 3. The van der Waals surface area contributed by atoms with E-state index < -0.39 is 17.1 Å². The third kappa shape index (κ3) is 5.31. The molecular formula is C21H25N5O3. The number of aromatic nitrogens is 4. The standard InChI is InChI=1S/C21H25N5O3/c1-22-21(29)19-20(28)18(27)14-26(25-19)12-5-3-2-4-7-15-8-6-9-16(13-15)17-10-11-23-24-17/h6,8-11,13-14,27H,2-5,7,12H2,1H3,(H,22,29)(H,23,24). The van der Waals surface area contributed by atoms with Gasteiger partial charge in [-0.05, 0) is 42.5 Å². The molecule has 0 aliphatic rings. The lowest BCUT2D eigenvalue weighted by Gasteiger charge is -2.08. The zero-order valence-electron chi connectivity index (χ0n) is 16.4. The Hall–Kier alpha value is -3.42. The number of aromatic hydroxyl groups is 1. The van der Waals surface area contributed by atoms with Crippen LogP contribution in [0.3, 0.4) is 0 Å². The summed E-state index contributed by atoms with van der Waals surface area (Å²) in [6.45, 7) is 0.535. The first-order chi connectivity index (χ1) is 14.1. The summed E-state index contributed by atoms with van der Waals surface area (Å²) in [6, 6.07) is 10.4. The number of amides is 1. The Labute approximate surface area is 168 Å². The predicted octanol–water partition coefficient (Wildman–Crippen LogP) is 2.50. The van der Waals surface area contributed by atoms with Crippen molar-refractivity contribution in [2.24, 2.45) is 0 Å². The molecule has 1 amide bonds. The molecular weight excluding hydrogens is 370 g/mol. The third-order valence-electron chi connectivity index (χ3n) is 4.73. The van der Waals surface area contributed by atoms with E-state index >= 15 is 0 Å². The molecule has 0 atom stereocenters. The highest BCUT2D eigenvalue weighted by molar-refractivity contribution is 5.92. The molecule has 0 radical (unpaired) electrons. The number of nitrogens with one attached hydrogen (secondary N) is 2. The van der Waals surface area contributed by atoms with Crippen molar-refractivity contribution < 1.29 is 9.90 Å². The molecule has 2 aromatic heterocycles. The van der Waals surface area contributed by atoms with E-state index in [9.17, 15) is 14.7 Å². The molecule has 3 aromatic rings. The van der Waals surface area contributed by atoms with Crippen molar-refractivity contribution in [3.05, 3.63) is 64.2 Å². The maximum absolute atomic E-state index is 11.8. The van der Waals surface area contributed by atoms with Crippen LogP contribution in [0.2, 0.25) is 0 Å². The highest BCUT2D eigenvalue weighted by Gasteiger charge is 2.15. The van der Waals surface area contributed by atoms with Crippen LogP contribution in [0.15, 0.2) is 47.5 Å². The molecule has 152 valence electrons. The van der Waals surface area contributed by atoms with E-state index in [1.807, 2.05) is 6.07 Å². The molecule has 0 unspecified atom stereocenters. The van der Waals surface area contributed by atoms with Gasteiger partial charge in [-0.25, -0.2) is 0 Å². The number of carbonyl (C=O) groups excluding carboxylic acids is 1. The van der Waals surface area contributed by atoms with Crippen LogP contribution in [0, 0.1) is 0 Å². The Morgan fingerprint density at radius 2 is 2.03 bits per heavy atom. The maximum atomic E-state index is 11.8. The quantitative estimate of drug-likeness (QED) is 0.482. The molecule has 29 heavy (non-hydrogen) atoms. The van der Waals surface area contributed by atoms with E-state index in [2.05, 4.69) is 44.9 Å². The summed E-state index contributed by atoms with van der Waals surface area (Å²) >= 11 is 0. The van der Waals surface area contributed by atoms with Gasteiger partial charge in [-0.1, -0.05) is 31.0 Å². The molecule has 2 heterocycles. The second kappa shape index (κ2) is 9.68. The van der Waals surface area contributed by atoms with E-state index in [0.717, 1.165) is 43.4 Å². The molecule has 8 nitrogen and oxygen atoms in total. The van der Waals surface area contributed by atoms with E-state index in [-0.39, 0.29) is 5.69 Å². The van der Waals surface area contributed by atoms with Gasteiger partial charge in [0.2, 0.25) is 0 Å². The summed E-state index contributed by atoms with van der Waals surface area (Å²) in [5.74, 6) is -1.06. The van der Waals surface area contributed by atoms with Gasteiger partial charge >= 0.3 is 0 Å². The molecule has 0 aliphatic heterocycles. The molecule has 0 spiro atoms. The molecule has 0 aliphatic carbocycles.